The van der Waals surface area contributed by atoms with Gasteiger partial charge in [-0.3, -0.25) is 0 Å². The standard InChI is InChI=1S/C68H42O4/c1-3-19-53(35-37-55-21-5-7-23-57(55)39-41-59-25-9-11-27-61(59)43-45-63-29-13-15-31-65(63)67-69-47-48-70-67)51(17-1)33-34-52-18-2-4-20-54(52)36-38-56-22-6-8-24-58(56)40-42-60-26-10-12-28-62(60)44-46-64-30-14-16-32-66(64)68-71-49-50-72-68/h1-32,67-68H,47-50H2. The normalized spacial score (nSPS) is 12.5. The summed E-state index contributed by atoms with van der Waals surface area (Å²) >= 11 is 0. The summed E-state index contributed by atoms with van der Waals surface area (Å²) in [6, 6.07) is 63.3. The number of benzene rings is 8. The van der Waals surface area contributed by atoms with Crippen LogP contribution in [0.5, 0.6) is 0 Å². The molecule has 8 aromatic carbocycles. The maximum absolute atomic E-state index is 5.76. The molecule has 0 N–H and O–H groups in total. The highest BCUT2D eigenvalue weighted by atomic mass is 16.7. The van der Waals surface area contributed by atoms with Crippen LogP contribution in [0.1, 0.15) is 102 Å². The summed E-state index contributed by atoms with van der Waals surface area (Å²) in [5.41, 5.74) is 13.4. The molecule has 0 unspecified atom stereocenters. The molecule has 4 nitrogen and oxygen atoms in total. The van der Waals surface area contributed by atoms with Gasteiger partial charge < -0.3 is 18.9 Å². The molecule has 2 saturated heterocycles. The van der Waals surface area contributed by atoms with Crippen LogP contribution in [0.3, 0.4) is 0 Å². The molecule has 8 aromatic rings. The fourth-order valence-electron chi connectivity index (χ4n) is 7.86. The summed E-state index contributed by atoms with van der Waals surface area (Å²) in [6.45, 7) is 2.28. The van der Waals surface area contributed by atoms with E-state index in [2.05, 4.69) is 82.9 Å². The molecule has 2 aliphatic rings. The van der Waals surface area contributed by atoms with E-state index in [1.54, 1.807) is 0 Å². The molecule has 0 atom stereocenters. The maximum Gasteiger partial charge on any atom is 0.185 e. The van der Waals surface area contributed by atoms with Gasteiger partial charge in [0.05, 0.1) is 26.4 Å². The van der Waals surface area contributed by atoms with Crippen LogP contribution in [0.2, 0.25) is 0 Å². The van der Waals surface area contributed by atoms with Crippen molar-refractivity contribution >= 4 is 0 Å². The second kappa shape index (κ2) is 23.2. The highest BCUT2D eigenvalue weighted by Gasteiger charge is 2.21. The van der Waals surface area contributed by atoms with Gasteiger partial charge >= 0.3 is 0 Å². The third kappa shape index (κ3) is 11.7. The summed E-state index contributed by atoms with van der Waals surface area (Å²) in [5.74, 6) is 47.1. The van der Waals surface area contributed by atoms with Crippen molar-refractivity contribution in [2.75, 3.05) is 26.4 Å². The molecule has 2 aliphatic heterocycles. The molecular formula is C68H42O4. The van der Waals surface area contributed by atoms with Crippen LogP contribution < -0.4 is 0 Å². The zero-order valence-corrected chi connectivity index (χ0v) is 39.1. The first-order valence-electron chi connectivity index (χ1n) is 23.5. The Morgan fingerprint density at radius 1 is 0.194 bits per heavy atom. The van der Waals surface area contributed by atoms with Gasteiger partial charge in [0, 0.05) is 89.0 Å². The first-order valence-corrected chi connectivity index (χ1v) is 23.5. The Morgan fingerprint density at radius 3 is 0.514 bits per heavy atom. The Bertz CT molecular complexity index is 3540. The SMILES string of the molecule is C(#Cc1ccccc1C#Cc1ccccc1C#Cc1ccccc1C#Cc1ccccc1C1OCCO1)c1ccccc1C#Cc1ccccc1C#Cc1ccccc1C#Cc1ccccc1C1OCCO1. The lowest BCUT2D eigenvalue weighted by Crippen LogP contribution is -2.00. The molecule has 10 rings (SSSR count). The lowest BCUT2D eigenvalue weighted by molar-refractivity contribution is -0.0444. The largest absolute Gasteiger partial charge is 0.346 e. The molecule has 0 aliphatic carbocycles. The van der Waals surface area contributed by atoms with Gasteiger partial charge in [-0.1, -0.05) is 192 Å². The van der Waals surface area contributed by atoms with E-state index in [-0.39, 0.29) is 0 Å². The molecule has 0 aromatic heterocycles. The molecule has 338 valence electrons. The monoisotopic (exact) mass is 922 g/mol. The highest BCUT2D eigenvalue weighted by Crippen LogP contribution is 2.27. The van der Waals surface area contributed by atoms with Gasteiger partial charge in [0.1, 0.15) is 0 Å². The first-order chi connectivity index (χ1) is 35.7. The fraction of sp³-hybridized carbons (Fsp3) is 0.0882. The first kappa shape index (κ1) is 46.3. The lowest BCUT2D eigenvalue weighted by atomic mass is 10.0. The fourth-order valence-corrected chi connectivity index (χ4v) is 7.86. The van der Waals surface area contributed by atoms with Crippen molar-refractivity contribution < 1.29 is 18.9 Å². The molecule has 0 bridgehead atoms. The minimum atomic E-state index is -0.403. The van der Waals surface area contributed by atoms with Gasteiger partial charge in [0.25, 0.3) is 0 Å². The number of hydrogen-bond donors (Lipinski definition) is 0. The van der Waals surface area contributed by atoms with E-state index in [1.807, 2.05) is 194 Å². The van der Waals surface area contributed by atoms with Crippen LogP contribution in [0.25, 0.3) is 0 Å². The van der Waals surface area contributed by atoms with Crippen molar-refractivity contribution in [3.05, 3.63) is 283 Å². The summed E-state index contributed by atoms with van der Waals surface area (Å²) in [4.78, 5) is 0. The van der Waals surface area contributed by atoms with Gasteiger partial charge in [-0.25, -0.2) is 0 Å². The van der Waals surface area contributed by atoms with E-state index in [0.717, 1.165) is 89.0 Å². The maximum atomic E-state index is 5.76. The average Bonchev–Trinajstić information content (AvgIpc) is 4.20. The number of hydrogen-bond acceptors (Lipinski definition) is 4. The van der Waals surface area contributed by atoms with Gasteiger partial charge in [0.15, 0.2) is 12.6 Å². The smallest absolute Gasteiger partial charge is 0.185 e. The van der Waals surface area contributed by atoms with Gasteiger partial charge in [-0.15, -0.1) is 0 Å². The molecule has 0 spiro atoms. The Morgan fingerprint density at radius 2 is 0.333 bits per heavy atom. The molecule has 2 fully saturated rings. The quantitative estimate of drug-likeness (QED) is 0.162. The van der Waals surface area contributed by atoms with Crippen LogP contribution in [0, 0.1) is 82.9 Å². The number of ether oxygens (including phenoxy) is 4. The van der Waals surface area contributed by atoms with Gasteiger partial charge in [-0.2, -0.15) is 0 Å². The van der Waals surface area contributed by atoms with E-state index in [4.69, 9.17) is 18.9 Å². The molecule has 0 amide bonds. The second-order valence-electron chi connectivity index (χ2n) is 16.3. The third-order valence-electron chi connectivity index (χ3n) is 11.6. The Hall–Kier alpha value is -9.48. The lowest BCUT2D eigenvalue weighted by Gasteiger charge is -2.11. The minimum Gasteiger partial charge on any atom is -0.346 e. The summed E-state index contributed by atoms with van der Waals surface area (Å²) < 4.78 is 23.0. The Labute approximate surface area is 422 Å². The Balaban J connectivity index is 0.872. The Kier molecular flexibility index (Phi) is 14.9. The van der Waals surface area contributed by atoms with Gasteiger partial charge in [0.2, 0.25) is 0 Å². The zero-order chi connectivity index (χ0) is 48.6. The van der Waals surface area contributed by atoms with Crippen molar-refractivity contribution in [2.24, 2.45) is 0 Å². The highest BCUT2D eigenvalue weighted by molar-refractivity contribution is 5.63. The van der Waals surface area contributed by atoms with E-state index < -0.39 is 12.6 Å². The predicted molar refractivity (Wildman–Crippen MR) is 283 cm³/mol. The third-order valence-corrected chi connectivity index (χ3v) is 11.6. The molecule has 2 heterocycles. The number of rotatable bonds is 2. The van der Waals surface area contributed by atoms with Gasteiger partial charge in [-0.05, 0) is 84.9 Å². The molecule has 4 heteroatoms. The van der Waals surface area contributed by atoms with Crippen LogP contribution in [-0.4, -0.2) is 26.4 Å². The van der Waals surface area contributed by atoms with Crippen molar-refractivity contribution in [2.45, 2.75) is 12.6 Å². The minimum absolute atomic E-state index is 0.403. The van der Waals surface area contributed by atoms with Crippen LogP contribution in [-0.2, 0) is 18.9 Å². The molecule has 0 radical (unpaired) electrons. The van der Waals surface area contributed by atoms with E-state index in [1.165, 1.54) is 0 Å². The topological polar surface area (TPSA) is 36.9 Å². The van der Waals surface area contributed by atoms with E-state index in [9.17, 15) is 0 Å². The van der Waals surface area contributed by atoms with E-state index >= 15 is 0 Å². The van der Waals surface area contributed by atoms with Crippen LogP contribution in [0.15, 0.2) is 194 Å². The second-order valence-corrected chi connectivity index (χ2v) is 16.3. The molecule has 0 saturated carbocycles. The van der Waals surface area contributed by atoms with E-state index in [0.29, 0.717) is 26.4 Å². The van der Waals surface area contributed by atoms with Crippen LogP contribution >= 0.6 is 0 Å². The predicted octanol–water partition coefficient (Wildman–Crippen LogP) is 11.6. The summed E-state index contributed by atoms with van der Waals surface area (Å²) in [5, 5.41) is 0. The average molecular weight is 923 g/mol. The molecular weight excluding hydrogens is 881 g/mol. The summed E-state index contributed by atoms with van der Waals surface area (Å²) in [7, 11) is 0. The van der Waals surface area contributed by atoms with Crippen molar-refractivity contribution in [1.29, 1.82) is 0 Å². The van der Waals surface area contributed by atoms with Crippen molar-refractivity contribution in [1.82, 2.24) is 0 Å². The molecule has 72 heavy (non-hydrogen) atoms. The van der Waals surface area contributed by atoms with Crippen molar-refractivity contribution in [3.8, 4) is 82.9 Å². The van der Waals surface area contributed by atoms with Crippen LogP contribution in [0.4, 0.5) is 0 Å². The zero-order valence-electron chi connectivity index (χ0n) is 39.1. The van der Waals surface area contributed by atoms with Crippen molar-refractivity contribution in [3.63, 3.8) is 0 Å². The summed E-state index contributed by atoms with van der Waals surface area (Å²) in [6.07, 6.45) is -0.807.